The number of fused-ring (bicyclic) bond motifs is 1. The molecular weight excluding hydrogens is 324 g/mol. The molecule has 1 aliphatic carbocycles. The van der Waals surface area contributed by atoms with Gasteiger partial charge in [0.05, 0.1) is 0 Å². The molecule has 26 heavy (non-hydrogen) atoms. The normalized spacial score (nSPS) is 12.9. The summed E-state index contributed by atoms with van der Waals surface area (Å²) in [5.41, 5.74) is 5.26. The molecule has 0 saturated heterocycles. The third kappa shape index (κ3) is 4.58. The van der Waals surface area contributed by atoms with Crippen LogP contribution in [0.2, 0.25) is 0 Å². The maximum atomic E-state index is 12.4. The zero-order valence-corrected chi connectivity index (χ0v) is 15.5. The number of rotatable bonds is 7. The van der Waals surface area contributed by atoms with Crippen molar-refractivity contribution < 1.29 is 9.59 Å². The number of nitrogens with zero attached hydrogens (tertiary/aromatic N) is 1. The van der Waals surface area contributed by atoms with Gasteiger partial charge in [-0.3, -0.25) is 9.59 Å². The maximum absolute atomic E-state index is 12.4. The molecule has 1 aliphatic rings. The van der Waals surface area contributed by atoms with Crippen molar-refractivity contribution in [3.05, 3.63) is 64.7 Å². The van der Waals surface area contributed by atoms with Crippen LogP contribution in [0.5, 0.6) is 0 Å². The summed E-state index contributed by atoms with van der Waals surface area (Å²) < 4.78 is 0. The van der Waals surface area contributed by atoms with Gasteiger partial charge in [-0.15, -0.1) is 0 Å². The largest absolute Gasteiger partial charge is 0.326 e. The Morgan fingerprint density at radius 3 is 2.58 bits per heavy atom. The van der Waals surface area contributed by atoms with Crippen molar-refractivity contribution >= 4 is 17.4 Å². The molecule has 0 aliphatic heterocycles. The number of nitrogens with one attached hydrogen (secondary N) is 1. The number of hydrogen-bond donors (Lipinski definition) is 1. The van der Waals surface area contributed by atoms with E-state index in [4.69, 9.17) is 0 Å². The topological polar surface area (TPSA) is 49.4 Å². The summed E-state index contributed by atoms with van der Waals surface area (Å²) >= 11 is 0. The molecule has 0 radical (unpaired) electrons. The molecule has 3 rings (SSSR count). The Bertz CT molecular complexity index is 812. The van der Waals surface area contributed by atoms with E-state index in [1.807, 2.05) is 50.5 Å². The first-order valence-corrected chi connectivity index (χ1v) is 9.20. The van der Waals surface area contributed by atoms with Crippen molar-refractivity contribution in [2.45, 2.75) is 38.6 Å². The van der Waals surface area contributed by atoms with Crippen molar-refractivity contribution in [1.29, 1.82) is 0 Å². The van der Waals surface area contributed by atoms with Crippen LogP contribution in [0, 0.1) is 0 Å². The van der Waals surface area contributed by atoms with Crippen molar-refractivity contribution in [3.63, 3.8) is 0 Å². The molecule has 0 bridgehead atoms. The van der Waals surface area contributed by atoms with Crippen molar-refractivity contribution in [2.75, 3.05) is 19.4 Å². The molecule has 0 aromatic heterocycles. The van der Waals surface area contributed by atoms with Gasteiger partial charge in [-0.05, 0) is 62.2 Å². The zero-order valence-electron chi connectivity index (χ0n) is 15.5. The second kappa shape index (κ2) is 8.28. The lowest BCUT2D eigenvalue weighted by Gasteiger charge is -2.14. The van der Waals surface area contributed by atoms with Crippen LogP contribution in [0.1, 0.15) is 46.3 Å². The minimum absolute atomic E-state index is 0.0384. The van der Waals surface area contributed by atoms with Crippen LogP contribution in [-0.4, -0.2) is 30.7 Å². The number of anilines is 1. The van der Waals surface area contributed by atoms with Crippen LogP contribution in [0.4, 0.5) is 5.69 Å². The van der Waals surface area contributed by atoms with E-state index >= 15 is 0 Å². The first-order chi connectivity index (χ1) is 12.5. The third-order valence-electron chi connectivity index (χ3n) is 4.78. The molecule has 2 aromatic rings. The average Bonchev–Trinajstić information content (AvgIpc) is 3.08. The van der Waals surface area contributed by atoms with Crippen LogP contribution in [0.25, 0.3) is 0 Å². The van der Waals surface area contributed by atoms with E-state index in [2.05, 4.69) is 16.3 Å². The van der Waals surface area contributed by atoms with Gasteiger partial charge in [-0.25, -0.2) is 0 Å². The molecule has 136 valence electrons. The highest BCUT2D eigenvalue weighted by Gasteiger charge is 2.15. The van der Waals surface area contributed by atoms with Gasteiger partial charge in [0.25, 0.3) is 0 Å². The summed E-state index contributed by atoms with van der Waals surface area (Å²) in [6.45, 7) is 0.754. The number of Topliss-reactive ketones (excluding diaryl/α,β-unsaturated/α-hetero) is 1. The highest BCUT2D eigenvalue weighted by molar-refractivity contribution is 6.00. The Morgan fingerprint density at radius 1 is 1.00 bits per heavy atom. The minimum Gasteiger partial charge on any atom is -0.326 e. The summed E-state index contributed by atoms with van der Waals surface area (Å²) in [5.74, 6) is -0.0813. The molecule has 0 unspecified atom stereocenters. The summed E-state index contributed by atoms with van der Waals surface area (Å²) in [4.78, 5) is 26.8. The number of benzene rings is 2. The fourth-order valence-corrected chi connectivity index (χ4v) is 3.45. The highest BCUT2D eigenvalue weighted by atomic mass is 16.2. The molecule has 1 amide bonds. The van der Waals surface area contributed by atoms with Crippen LogP contribution in [0.15, 0.2) is 42.5 Å². The van der Waals surface area contributed by atoms with Crippen molar-refractivity contribution in [2.24, 2.45) is 0 Å². The smallest absolute Gasteiger partial charge is 0.224 e. The monoisotopic (exact) mass is 350 g/mol. The lowest BCUT2D eigenvalue weighted by Crippen LogP contribution is -2.17. The molecule has 1 N–H and O–H groups in total. The van der Waals surface area contributed by atoms with Gasteiger partial charge in [0.2, 0.25) is 5.91 Å². The first-order valence-electron chi connectivity index (χ1n) is 9.20. The van der Waals surface area contributed by atoms with Gasteiger partial charge >= 0.3 is 0 Å². The summed E-state index contributed by atoms with van der Waals surface area (Å²) in [7, 11) is 3.99. The fourth-order valence-electron chi connectivity index (χ4n) is 3.45. The SMILES string of the molecule is CN(C)Cc1ccccc1NC(=O)CCC(=O)c1ccc2c(c1)CCC2. The van der Waals surface area contributed by atoms with E-state index in [1.54, 1.807) is 0 Å². The van der Waals surface area contributed by atoms with E-state index in [9.17, 15) is 9.59 Å². The fraction of sp³-hybridized carbons (Fsp3) is 0.364. The van der Waals surface area contributed by atoms with Crippen molar-refractivity contribution in [3.8, 4) is 0 Å². The average molecular weight is 350 g/mol. The molecular formula is C22H26N2O2. The number of para-hydroxylation sites is 1. The van der Waals surface area contributed by atoms with E-state index in [0.717, 1.165) is 36.2 Å². The first kappa shape index (κ1) is 18.3. The van der Waals surface area contributed by atoms with Crippen LogP contribution >= 0.6 is 0 Å². The molecule has 0 saturated carbocycles. The van der Waals surface area contributed by atoms with E-state index in [0.29, 0.717) is 0 Å². The summed E-state index contributed by atoms with van der Waals surface area (Å²) in [5, 5.41) is 2.95. The third-order valence-corrected chi connectivity index (χ3v) is 4.78. The number of carbonyl (C=O) groups excluding carboxylic acids is 2. The Balaban J connectivity index is 1.57. The number of amides is 1. The Morgan fingerprint density at radius 2 is 1.77 bits per heavy atom. The molecule has 4 nitrogen and oxygen atoms in total. The second-order valence-corrected chi connectivity index (χ2v) is 7.20. The van der Waals surface area contributed by atoms with Gasteiger partial charge in [-0.2, -0.15) is 0 Å². The lowest BCUT2D eigenvalue weighted by atomic mass is 10.0. The molecule has 2 aromatic carbocycles. The van der Waals surface area contributed by atoms with Gasteiger partial charge in [0, 0.05) is 30.6 Å². The van der Waals surface area contributed by atoms with E-state index in [1.165, 1.54) is 17.5 Å². The molecule has 0 heterocycles. The Hall–Kier alpha value is -2.46. The summed E-state index contributed by atoms with van der Waals surface area (Å²) in [6, 6.07) is 13.7. The predicted molar refractivity (Wildman–Crippen MR) is 104 cm³/mol. The van der Waals surface area contributed by atoms with Gasteiger partial charge < -0.3 is 10.2 Å². The van der Waals surface area contributed by atoms with Gasteiger partial charge in [0.15, 0.2) is 5.78 Å². The van der Waals surface area contributed by atoms with Gasteiger partial charge in [0.1, 0.15) is 0 Å². The number of hydrogen-bond acceptors (Lipinski definition) is 3. The zero-order chi connectivity index (χ0) is 18.5. The van der Waals surface area contributed by atoms with Crippen LogP contribution < -0.4 is 5.32 Å². The van der Waals surface area contributed by atoms with E-state index < -0.39 is 0 Å². The summed E-state index contributed by atoms with van der Waals surface area (Å²) in [6.07, 6.45) is 3.77. The second-order valence-electron chi connectivity index (χ2n) is 7.20. The minimum atomic E-state index is -0.120. The number of ketones is 1. The van der Waals surface area contributed by atoms with Crippen molar-refractivity contribution in [1.82, 2.24) is 4.90 Å². The van der Waals surface area contributed by atoms with Crippen LogP contribution in [0.3, 0.4) is 0 Å². The van der Waals surface area contributed by atoms with Crippen LogP contribution in [-0.2, 0) is 24.2 Å². The van der Waals surface area contributed by atoms with E-state index in [-0.39, 0.29) is 24.5 Å². The maximum Gasteiger partial charge on any atom is 0.224 e. The standard InChI is InChI=1S/C22H26N2O2/c1-24(2)15-19-6-3-4-9-20(19)23-22(26)13-12-21(25)18-11-10-16-7-5-8-17(16)14-18/h3-4,6,9-11,14H,5,7-8,12-13,15H2,1-2H3,(H,23,26). The predicted octanol–water partition coefficient (Wildman–Crippen LogP) is 3.84. The lowest BCUT2D eigenvalue weighted by molar-refractivity contribution is -0.116. The molecule has 0 atom stereocenters. The Labute approximate surface area is 155 Å². The number of carbonyl (C=O) groups is 2. The number of aryl methyl sites for hydroxylation is 2. The molecule has 0 spiro atoms. The molecule has 0 fully saturated rings. The van der Waals surface area contributed by atoms with Gasteiger partial charge in [-0.1, -0.05) is 30.3 Å². The highest BCUT2D eigenvalue weighted by Crippen LogP contribution is 2.23. The quantitative estimate of drug-likeness (QED) is 0.772. The Kier molecular flexibility index (Phi) is 5.84. The molecule has 4 heteroatoms.